The quantitative estimate of drug-likeness (QED) is 0.851. The third-order valence-corrected chi connectivity index (χ3v) is 3.41. The van der Waals surface area contributed by atoms with Crippen LogP contribution in [0.3, 0.4) is 0 Å². The summed E-state index contributed by atoms with van der Waals surface area (Å²) in [7, 11) is 0. The molecule has 17 heavy (non-hydrogen) atoms. The molecule has 1 heterocycles. The molecule has 0 radical (unpaired) electrons. The summed E-state index contributed by atoms with van der Waals surface area (Å²) in [5.41, 5.74) is 3.42. The van der Waals surface area contributed by atoms with Gasteiger partial charge in [0.15, 0.2) is 0 Å². The topological polar surface area (TPSA) is 32.3 Å². The van der Waals surface area contributed by atoms with Gasteiger partial charge >= 0.3 is 0 Å². The molecular weight excluding hydrogens is 230 g/mol. The highest BCUT2D eigenvalue weighted by atomic mass is 32.1. The third-order valence-electron chi connectivity index (χ3n) is 2.67. The van der Waals surface area contributed by atoms with Crippen molar-refractivity contribution in [2.45, 2.75) is 19.6 Å². The Hall–Kier alpha value is -1.16. The lowest BCUT2D eigenvalue weighted by atomic mass is 10.1. The van der Waals surface area contributed by atoms with Gasteiger partial charge < -0.3 is 10.4 Å². The van der Waals surface area contributed by atoms with Gasteiger partial charge in [-0.15, -0.1) is 0 Å². The molecule has 0 aliphatic rings. The zero-order valence-corrected chi connectivity index (χ0v) is 10.7. The molecule has 1 aromatic heterocycles. The van der Waals surface area contributed by atoms with Crippen molar-refractivity contribution in [3.63, 3.8) is 0 Å². The molecule has 0 aliphatic carbocycles. The number of aliphatic hydroxyl groups excluding tert-OH is 1. The molecule has 0 saturated heterocycles. The second-order valence-corrected chi connectivity index (χ2v) is 4.97. The van der Waals surface area contributed by atoms with Crippen LogP contribution < -0.4 is 5.32 Å². The average molecular weight is 247 g/mol. The highest BCUT2D eigenvalue weighted by Gasteiger charge is 2.06. The van der Waals surface area contributed by atoms with Crippen LogP contribution >= 0.6 is 11.3 Å². The number of benzene rings is 1. The minimum Gasteiger partial charge on any atom is -0.387 e. The van der Waals surface area contributed by atoms with Crippen LogP contribution in [0.15, 0.2) is 41.1 Å². The fourth-order valence-electron chi connectivity index (χ4n) is 1.74. The molecule has 0 saturated carbocycles. The number of nitrogens with one attached hydrogen (secondary N) is 1. The molecular formula is C14H17NOS. The van der Waals surface area contributed by atoms with E-state index in [9.17, 15) is 5.11 Å². The van der Waals surface area contributed by atoms with E-state index in [2.05, 4.69) is 22.1 Å². The van der Waals surface area contributed by atoms with Crippen LogP contribution in [0.1, 0.15) is 22.8 Å². The molecule has 0 amide bonds. The Morgan fingerprint density at radius 1 is 1.35 bits per heavy atom. The van der Waals surface area contributed by atoms with E-state index in [1.165, 1.54) is 11.1 Å². The van der Waals surface area contributed by atoms with Gasteiger partial charge in [-0.2, -0.15) is 11.3 Å². The van der Waals surface area contributed by atoms with E-state index in [1.54, 1.807) is 11.3 Å². The Morgan fingerprint density at radius 2 is 2.24 bits per heavy atom. The first-order valence-corrected chi connectivity index (χ1v) is 6.66. The van der Waals surface area contributed by atoms with Crippen molar-refractivity contribution >= 4 is 11.3 Å². The smallest absolute Gasteiger partial charge is 0.0914 e. The Kier molecular flexibility index (Phi) is 4.31. The van der Waals surface area contributed by atoms with Crippen LogP contribution in [0.4, 0.5) is 0 Å². The van der Waals surface area contributed by atoms with Gasteiger partial charge in [-0.1, -0.05) is 29.8 Å². The van der Waals surface area contributed by atoms with Gasteiger partial charge in [-0.25, -0.2) is 0 Å². The number of hydrogen-bond donors (Lipinski definition) is 2. The van der Waals surface area contributed by atoms with Gasteiger partial charge in [0.1, 0.15) is 0 Å². The Morgan fingerprint density at radius 3 is 2.94 bits per heavy atom. The SMILES string of the molecule is Cc1cccc(C(O)CNCc2ccsc2)c1. The zero-order chi connectivity index (χ0) is 12.1. The predicted octanol–water partition coefficient (Wildman–Crippen LogP) is 2.88. The fourth-order valence-corrected chi connectivity index (χ4v) is 2.41. The highest BCUT2D eigenvalue weighted by molar-refractivity contribution is 7.07. The van der Waals surface area contributed by atoms with Crippen molar-refractivity contribution in [2.24, 2.45) is 0 Å². The van der Waals surface area contributed by atoms with Crippen LogP contribution in [-0.2, 0) is 6.54 Å². The van der Waals surface area contributed by atoms with Crippen molar-refractivity contribution in [1.29, 1.82) is 0 Å². The maximum atomic E-state index is 10.0. The summed E-state index contributed by atoms with van der Waals surface area (Å²) in [6, 6.07) is 10.1. The second kappa shape index (κ2) is 5.96. The van der Waals surface area contributed by atoms with E-state index in [1.807, 2.05) is 31.2 Å². The van der Waals surface area contributed by atoms with Crippen molar-refractivity contribution in [3.05, 3.63) is 57.8 Å². The van der Waals surface area contributed by atoms with Gasteiger partial charge in [0, 0.05) is 13.1 Å². The van der Waals surface area contributed by atoms with Gasteiger partial charge in [0.25, 0.3) is 0 Å². The van der Waals surface area contributed by atoms with Crippen molar-refractivity contribution in [2.75, 3.05) is 6.54 Å². The van der Waals surface area contributed by atoms with E-state index >= 15 is 0 Å². The first kappa shape index (κ1) is 12.3. The molecule has 3 heteroatoms. The third kappa shape index (κ3) is 3.66. The zero-order valence-electron chi connectivity index (χ0n) is 9.89. The molecule has 1 aromatic carbocycles. The summed E-state index contributed by atoms with van der Waals surface area (Å²) in [4.78, 5) is 0. The maximum Gasteiger partial charge on any atom is 0.0914 e. The van der Waals surface area contributed by atoms with Crippen LogP contribution in [0, 0.1) is 6.92 Å². The minimum atomic E-state index is -0.437. The lowest BCUT2D eigenvalue weighted by molar-refractivity contribution is 0.174. The average Bonchev–Trinajstić information content (AvgIpc) is 2.82. The summed E-state index contributed by atoms with van der Waals surface area (Å²) in [5.74, 6) is 0. The molecule has 2 N–H and O–H groups in total. The molecule has 0 spiro atoms. The number of thiophene rings is 1. The highest BCUT2D eigenvalue weighted by Crippen LogP contribution is 2.13. The number of aliphatic hydroxyl groups is 1. The molecule has 0 bridgehead atoms. The lowest BCUT2D eigenvalue weighted by Gasteiger charge is -2.12. The first-order valence-electron chi connectivity index (χ1n) is 5.72. The van der Waals surface area contributed by atoms with Crippen molar-refractivity contribution in [3.8, 4) is 0 Å². The molecule has 1 unspecified atom stereocenters. The van der Waals surface area contributed by atoms with Crippen LogP contribution in [0.2, 0.25) is 0 Å². The summed E-state index contributed by atoms with van der Waals surface area (Å²) < 4.78 is 0. The lowest BCUT2D eigenvalue weighted by Crippen LogP contribution is -2.20. The molecule has 0 fully saturated rings. The van der Waals surface area contributed by atoms with Crippen molar-refractivity contribution in [1.82, 2.24) is 5.32 Å². The Bertz CT molecular complexity index is 453. The number of rotatable bonds is 5. The Balaban J connectivity index is 1.83. The molecule has 0 aliphatic heterocycles. The van der Waals surface area contributed by atoms with Crippen molar-refractivity contribution < 1.29 is 5.11 Å². The molecule has 2 nitrogen and oxygen atoms in total. The largest absolute Gasteiger partial charge is 0.387 e. The number of aryl methyl sites for hydroxylation is 1. The molecule has 2 aromatic rings. The van der Waals surface area contributed by atoms with Gasteiger partial charge in [0.05, 0.1) is 6.10 Å². The molecule has 90 valence electrons. The summed E-state index contributed by atoms with van der Waals surface area (Å²) in [5, 5.41) is 17.5. The van der Waals surface area contributed by atoms with E-state index < -0.39 is 6.10 Å². The van der Waals surface area contributed by atoms with Crippen LogP contribution in [0.5, 0.6) is 0 Å². The summed E-state index contributed by atoms with van der Waals surface area (Å²) >= 11 is 1.69. The normalized spacial score (nSPS) is 12.6. The van der Waals surface area contributed by atoms with Gasteiger partial charge in [-0.3, -0.25) is 0 Å². The fraction of sp³-hybridized carbons (Fsp3) is 0.286. The summed E-state index contributed by atoms with van der Waals surface area (Å²) in [6.45, 7) is 3.43. The van der Waals surface area contributed by atoms with Crippen LogP contribution in [0.25, 0.3) is 0 Å². The van der Waals surface area contributed by atoms with Crippen LogP contribution in [-0.4, -0.2) is 11.7 Å². The summed E-state index contributed by atoms with van der Waals surface area (Å²) in [6.07, 6.45) is -0.437. The van der Waals surface area contributed by atoms with Gasteiger partial charge in [0.2, 0.25) is 0 Å². The van der Waals surface area contributed by atoms with Gasteiger partial charge in [-0.05, 0) is 34.9 Å². The predicted molar refractivity (Wildman–Crippen MR) is 72.2 cm³/mol. The van der Waals surface area contributed by atoms with E-state index in [4.69, 9.17) is 0 Å². The van der Waals surface area contributed by atoms with E-state index in [-0.39, 0.29) is 0 Å². The number of hydrogen-bond acceptors (Lipinski definition) is 3. The van der Waals surface area contributed by atoms with E-state index in [0.717, 1.165) is 12.1 Å². The molecule has 2 rings (SSSR count). The monoisotopic (exact) mass is 247 g/mol. The first-order chi connectivity index (χ1) is 8.25. The second-order valence-electron chi connectivity index (χ2n) is 4.19. The standard InChI is InChI=1S/C14H17NOS/c1-11-3-2-4-13(7-11)14(16)9-15-8-12-5-6-17-10-12/h2-7,10,14-16H,8-9H2,1H3. The molecule has 1 atom stereocenters. The Labute approximate surface area is 106 Å². The van der Waals surface area contributed by atoms with E-state index in [0.29, 0.717) is 6.54 Å². The minimum absolute atomic E-state index is 0.437. The maximum absolute atomic E-state index is 10.0.